The van der Waals surface area contributed by atoms with E-state index in [2.05, 4.69) is 20.6 Å². The minimum atomic E-state index is -0.481. The zero-order valence-electron chi connectivity index (χ0n) is 17.2. The number of nitrogens with zero attached hydrogens (tertiary/aromatic N) is 3. The van der Waals surface area contributed by atoms with Gasteiger partial charge in [0.25, 0.3) is 0 Å². The van der Waals surface area contributed by atoms with Crippen molar-refractivity contribution in [1.29, 1.82) is 0 Å². The quantitative estimate of drug-likeness (QED) is 0.562. The lowest BCUT2D eigenvalue weighted by atomic mass is 10.2. The highest BCUT2D eigenvalue weighted by molar-refractivity contribution is 5.98. The Hall–Kier alpha value is -3.59. The number of benzene rings is 2. The topological polar surface area (TPSA) is 79.4 Å². The van der Waals surface area contributed by atoms with Crippen LogP contribution in [0.2, 0.25) is 0 Å². The molecule has 7 nitrogen and oxygen atoms in total. The van der Waals surface area contributed by atoms with E-state index in [4.69, 9.17) is 4.74 Å². The highest BCUT2D eigenvalue weighted by Crippen LogP contribution is 2.25. The molecule has 3 rings (SSSR count). The largest absolute Gasteiger partial charge is 0.383 e. The molecule has 0 aliphatic heterocycles. The Morgan fingerprint density at radius 1 is 1.06 bits per heavy atom. The molecule has 9 heteroatoms. The molecule has 1 aromatic heterocycles. The number of methoxy groups -OCH3 is 1. The van der Waals surface area contributed by atoms with Crippen molar-refractivity contribution in [2.75, 3.05) is 23.9 Å². The lowest BCUT2D eigenvalue weighted by molar-refractivity contribution is 0.190. The number of urea groups is 1. The van der Waals surface area contributed by atoms with Crippen LogP contribution in [-0.2, 0) is 11.3 Å². The maximum atomic E-state index is 13.4. The molecule has 0 spiro atoms. The predicted molar refractivity (Wildman–Crippen MR) is 114 cm³/mol. The van der Waals surface area contributed by atoms with Gasteiger partial charge >= 0.3 is 6.03 Å². The molecule has 3 aromatic rings. The van der Waals surface area contributed by atoms with Gasteiger partial charge in [-0.25, -0.2) is 23.5 Å². The van der Waals surface area contributed by atoms with Gasteiger partial charge < -0.3 is 15.4 Å². The normalized spacial score (nSPS) is 11.6. The molecule has 1 atom stereocenters. The number of rotatable bonds is 8. The van der Waals surface area contributed by atoms with Crippen LogP contribution in [-0.4, -0.2) is 35.8 Å². The summed E-state index contributed by atoms with van der Waals surface area (Å²) in [4.78, 5) is 23.0. The second-order valence-corrected chi connectivity index (χ2v) is 6.84. The van der Waals surface area contributed by atoms with Gasteiger partial charge in [0.05, 0.1) is 12.3 Å². The SMILES string of the molecule is COC[C@H](C)Nc1nccc(N(C(=O)NCc2ccc(F)cc2)c2ccc(F)cc2)n1. The van der Waals surface area contributed by atoms with Crippen molar-refractivity contribution in [3.8, 4) is 0 Å². The number of nitrogens with one attached hydrogen (secondary N) is 2. The third-order valence-corrected chi connectivity index (χ3v) is 4.31. The van der Waals surface area contributed by atoms with Gasteiger partial charge in [-0.15, -0.1) is 0 Å². The fourth-order valence-corrected chi connectivity index (χ4v) is 2.86. The van der Waals surface area contributed by atoms with E-state index in [1.165, 1.54) is 47.5 Å². The van der Waals surface area contributed by atoms with E-state index in [0.29, 0.717) is 24.1 Å². The number of amides is 2. The Bertz CT molecular complexity index is 1000. The first-order valence-corrected chi connectivity index (χ1v) is 9.62. The molecular formula is C22H23F2N5O2. The summed E-state index contributed by atoms with van der Waals surface area (Å²) in [5.41, 5.74) is 1.15. The number of halogens is 2. The van der Waals surface area contributed by atoms with E-state index in [-0.39, 0.29) is 18.4 Å². The molecule has 0 aliphatic carbocycles. The fraction of sp³-hybridized carbons (Fsp3) is 0.227. The number of carbonyl (C=O) groups is 1. The van der Waals surface area contributed by atoms with Crippen LogP contribution >= 0.6 is 0 Å². The van der Waals surface area contributed by atoms with Gasteiger partial charge in [0, 0.05) is 32.0 Å². The maximum Gasteiger partial charge on any atom is 0.327 e. The Morgan fingerprint density at radius 2 is 1.71 bits per heavy atom. The van der Waals surface area contributed by atoms with Gasteiger partial charge in [0.2, 0.25) is 5.95 Å². The first-order valence-electron chi connectivity index (χ1n) is 9.62. The predicted octanol–water partition coefficient (Wildman–Crippen LogP) is 4.25. The van der Waals surface area contributed by atoms with Crippen LogP contribution in [0, 0.1) is 11.6 Å². The molecular weight excluding hydrogens is 404 g/mol. The van der Waals surface area contributed by atoms with E-state index in [1.54, 1.807) is 25.3 Å². The molecule has 2 aromatic carbocycles. The van der Waals surface area contributed by atoms with Crippen molar-refractivity contribution in [2.45, 2.75) is 19.5 Å². The van der Waals surface area contributed by atoms with E-state index in [0.717, 1.165) is 5.56 Å². The third-order valence-electron chi connectivity index (χ3n) is 4.31. The summed E-state index contributed by atoms with van der Waals surface area (Å²) in [6.07, 6.45) is 1.52. The lowest BCUT2D eigenvalue weighted by Crippen LogP contribution is -2.37. The second kappa shape index (κ2) is 10.4. The zero-order chi connectivity index (χ0) is 22.2. The van der Waals surface area contributed by atoms with Crippen LogP contribution in [0.5, 0.6) is 0 Å². The molecule has 0 aliphatic rings. The Morgan fingerprint density at radius 3 is 2.35 bits per heavy atom. The summed E-state index contributed by atoms with van der Waals surface area (Å²) in [5, 5.41) is 5.88. The van der Waals surface area contributed by atoms with Crippen LogP contribution in [0.4, 0.5) is 31.0 Å². The molecule has 0 unspecified atom stereocenters. The fourth-order valence-electron chi connectivity index (χ4n) is 2.86. The molecule has 0 fully saturated rings. The van der Waals surface area contributed by atoms with E-state index < -0.39 is 11.8 Å². The highest BCUT2D eigenvalue weighted by Gasteiger charge is 2.20. The van der Waals surface area contributed by atoms with Crippen molar-refractivity contribution >= 4 is 23.5 Å². The van der Waals surface area contributed by atoms with Crippen LogP contribution < -0.4 is 15.5 Å². The molecule has 31 heavy (non-hydrogen) atoms. The molecule has 2 amide bonds. The van der Waals surface area contributed by atoms with Crippen molar-refractivity contribution in [3.05, 3.63) is 78.0 Å². The number of carbonyl (C=O) groups excluding carboxylic acids is 1. The van der Waals surface area contributed by atoms with Crippen LogP contribution in [0.3, 0.4) is 0 Å². The number of ether oxygens (including phenoxy) is 1. The van der Waals surface area contributed by atoms with Gasteiger partial charge in [0.15, 0.2) is 0 Å². The minimum absolute atomic E-state index is 0.0492. The van der Waals surface area contributed by atoms with Gasteiger partial charge in [-0.1, -0.05) is 12.1 Å². The molecule has 0 saturated heterocycles. The number of aromatic nitrogens is 2. The average molecular weight is 427 g/mol. The van der Waals surface area contributed by atoms with Crippen LogP contribution in [0.15, 0.2) is 60.8 Å². The Balaban J connectivity index is 1.85. The summed E-state index contributed by atoms with van der Waals surface area (Å²) >= 11 is 0. The first-order chi connectivity index (χ1) is 15.0. The summed E-state index contributed by atoms with van der Waals surface area (Å²) < 4.78 is 31.7. The molecule has 0 saturated carbocycles. The Kier molecular flexibility index (Phi) is 7.45. The highest BCUT2D eigenvalue weighted by atomic mass is 19.1. The molecule has 1 heterocycles. The zero-order valence-corrected chi connectivity index (χ0v) is 17.2. The average Bonchev–Trinajstić information content (AvgIpc) is 2.75. The van der Waals surface area contributed by atoms with Gasteiger partial charge in [0.1, 0.15) is 17.5 Å². The minimum Gasteiger partial charge on any atom is -0.383 e. The van der Waals surface area contributed by atoms with E-state index in [1.807, 2.05) is 6.92 Å². The maximum absolute atomic E-state index is 13.4. The van der Waals surface area contributed by atoms with Crippen molar-refractivity contribution in [3.63, 3.8) is 0 Å². The summed E-state index contributed by atoms with van der Waals surface area (Å²) in [5.74, 6) is -0.161. The smallest absolute Gasteiger partial charge is 0.327 e. The summed E-state index contributed by atoms with van der Waals surface area (Å²) in [7, 11) is 1.59. The van der Waals surface area contributed by atoms with Crippen molar-refractivity contribution < 1.29 is 18.3 Å². The molecule has 162 valence electrons. The van der Waals surface area contributed by atoms with Crippen LogP contribution in [0.25, 0.3) is 0 Å². The number of hydrogen-bond acceptors (Lipinski definition) is 5. The van der Waals surface area contributed by atoms with E-state index in [9.17, 15) is 13.6 Å². The van der Waals surface area contributed by atoms with Crippen molar-refractivity contribution in [2.24, 2.45) is 0 Å². The monoisotopic (exact) mass is 427 g/mol. The van der Waals surface area contributed by atoms with Crippen molar-refractivity contribution in [1.82, 2.24) is 15.3 Å². The Labute approximate surface area is 179 Å². The molecule has 0 bridgehead atoms. The second-order valence-electron chi connectivity index (χ2n) is 6.84. The van der Waals surface area contributed by atoms with E-state index >= 15 is 0 Å². The first kappa shape index (κ1) is 22.1. The molecule has 2 N–H and O–H groups in total. The van der Waals surface area contributed by atoms with Gasteiger partial charge in [-0.2, -0.15) is 4.98 Å². The van der Waals surface area contributed by atoms with Gasteiger partial charge in [-0.3, -0.25) is 0 Å². The summed E-state index contributed by atoms with van der Waals surface area (Å²) in [6.45, 7) is 2.54. The number of anilines is 3. The summed E-state index contributed by atoms with van der Waals surface area (Å²) in [6, 6.07) is 12.3. The van der Waals surface area contributed by atoms with Gasteiger partial charge in [-0.05, 0) is 48.9 Å². The van der Waals surface area contributed by atoms with Crippen LogP contribution in [0.1, 0.15) is 12.5 Å². The third kappa shape index (κ3) is 6.19. The lowest BCUT2D eigenvalue weighted by Gasteiger charge is -2.23. The molecule has 0 radical (unpaired) electrons. The standard InChI is InChI=1S/C22H23F2N5O2/c1-15(14-31-2)27-21-25-12-11-20(28-21)29(19-9-7-18(24)8-10-19)22(30)26-13-16-3-5-17(23)6-4-16/h3-12,15H,13-14H2,1-2H3,(H,26,30)(H,25,27,28)/t15-/m0/s1. The number of hydrogen-bond donors (Lipinski definition) is 2.